The Morgan fingerprint density at radius 2 is 2.00 bits per heavy atom. The maximum atomic E-state index is 8.62. The van der Waals surface area contributed by atoms with Gasteiger partial charge in [-0.05, 0) is 19.3 Å². The van der Waals surface area contributed by atoms with E-state index in [1.807, 2.05) is 0 Å². The molecule has 0 fully saturated rings. The highest BCUT2D eigenvalue weighted by molar-refractivity contribution is 5.72. The van der Waals surface area contributed by atoms with Crippen LogP contribution in [-0.4, -0.2) is 24.7 Å². The quantitative estimate of drug-likeness (QED) is 0.277. The van der Waals surface area contributed by atoms with Crippen molar-refractivity contribution in [2.24, 2.45) is 0 Å². The Morgan fingerprint density at radius 3 is 2.50 bits per heavy atom. The summed E-state index contributed by atoms with van der Waals surface area (Å²) in [4.78, 5) is 0. The molecule has 0 aromatic carbocycles. The summed E-state index contributed by atoms with van der Waals surface area (Å²) in [5, 5.41) is 15.8. The molecule has 70 valence electrons. The lowest BCUT2D eigenvalue weighted by Crippen LogP contribution is -1.98. The van der Waals surface area contributed by atoms with E-state index < -0.39 is 0 Å². The summed E-state index contributed by atoms with van der Waals surface area (Å²) in [5.41, 5.74) is 0.860. The Balaban J connectivity index is 3.21. The Labute approximate surface area is 73.6 Å². The normalized spacial score (nSPS) is 9.50. The third-order valence-electron chi connectivity index (χ3n) is 1.65. The summed E-state index contributed by atoms with van der Waals surface area (Å²) in [7, 11) is 1.51. The summed E-state index contributed by atoms with van der Waals surface area (Å²) in [5.74, 6) is 0.324. The van der Waals surface area contributed by atoms with Crippen molar-refractivity contribution in [3.8, 4) is 0 Å². The second-order valence-electron chi connectivity index (χ2n) is 2.74. The van der Waals surface area contributed by atoms with Crippen LogP contribution in [0.2, 0.25) is 0 Å². The number of rotatable bonds is 6. The van der Waals surface area contributed by atoms with E-state index in [0.29, 0.717) is 12.3 Å². The van der Waals surface area contributed by atoms with Gasteiger partial charge in [0.2, 0.25) is 0 Å². The van der Waals surface area contributed by atoms with Gasteiger partial charge in [0.25, 0.3) is 0 Å². The average molecular weight is 171 g/mol. The summed E-state index contributed by atoms with van der Waals surface area (Å²) in [6.45, 7) is 3.75. The molecule has 0 unspecified atom stereocenters. The van der Waals surface area contributed by atoms with Crippen LogP contribution in [0.5, 0.6) is 0 Å². The van der Waals surface area contributed by atoms with Crippen molar-refractivity contribution in [2.75, 3.05) is 13.7 Å². The average Bonchev–Trinajstić information content (AvgIpc) is 2.11. The lowest BCUT2D eigenvalue weighted by atomic mass is 10.1. The van der Waals surface area contributed by atoms with Crippen LogP contribution in [0, 0.1) is 5.41 Å². The Hall–Kier alpha value is -0.830. The first-order valence-corrected chi connectivity index (χ1v) is 4.09. The van der Waals surface area contributed by atoms with Crippen LogP contribution in [0.15, 0.2) is 12.2 Å². The molecule has 0 atom stereocenters. The minimum absolute atomic E-state index is 0.0712. The number of nitrogens with one attached hydrogen (secondary N) is 1. The van der Waals surface area contributed by atoms with Gasteiger partial charge >= 0.3 is 0 Å². The largest absolute Gasteiger partial charge is 0.484 e. The smallest absolute Gasteiger partial charge is 0.180 e. The molecule has 0 bridgehead atoms. The Morgan fingerprint density at radius 1 is 1.42 bits per heavy atom. The highest BCUT2D eigenvalue weighted by Gasteiger charge is 1.96. The van der Waals surface area contributed by atoms with E-state index in [0.717, 1.165) is 24.8 Å². The number of hydrogen-bond acceptors (Lipinski definition) is 3. The third-order valence-corrected chi connectivity index (χ3v) is 1.65. The Bertz CT molecular complexity index is 137. The van der Waals surface area contributed by atoms with Crippen molar-refractivity contribution in [3.63, 3.8) is 0 Å². The van der Waals surface area contributed by atoms with Gasteiger partial charge in [0.1, 0.15) is 0 Å². The maximum Gasteiger partial charge on any atom is 0.180 e. The van der Waals surface area contributed by atoms with Gasteiger partial charge in [-0.3, -0.25) is 5.41 Å². The van der Waals surface area contributed by atoms with Gasteiger partial charge in [-0.25, -0.2) is 0 Å². The minimum Gasteiger partial charge on any atom is -0.484 e. The van der Waals surface area contributed by atoms with Crippen molar-refractivity contribution < 1.29 is 9.84 Å². The predicted octanol–water partition coefficient (Wildman–Crippen LogP) is 1.72. The fourth-order valence-electron chi connectivity index (χ4n) is 0.842. The van der Waals surface area contributed by atoms with Crippen LogP contribution in [0.3, 0.4) is 0 Å². The molecule has 3 nitrogen and oxygen atoms in total. The van der Waals surface area contributed by atoms with Crippen molar-refractivity contribution in [3.05, 3.63) is 12.2 Å². The second-order valence-corrected chi connectivity index (χ2v) is 2.74. The zero-order valence-corrected chi connectivity index (χ0v) is 7.60. The molecule has 0 rings (SSSR count). The molecule has 0 heterocycles. The van der Waals surface area contributed by atoms with Crippen LogP contribution < -0.4 is 0 Å². The van der Waals surface area contributed by atoms with Crippen LogP contribution in [0.1, 0.15) is 25.7 Å². The van der Waals surface area contributed by atoms with E-state index in [9.17, 15) is 0 Å². The predicted molar refractivity (Wildman–Crippen MR) is 49.4 cm³/mol. The molecule has 0 aromatic rings. The number of aliphatic hydroxyl groups is 1. The van der Waals surface area contributed by atoms with Crippen molar-refractivity contribution in [2.45, 2.75) is 25.7 Å². The van der Waals surface area contributed by atoms with Crippen LogP contribution >= 0.6 is 0 Å². The summed E-state index contributed by atoms with van der Waals surface area (Å²) in [6, 6.07) is 0. The molecule has 0 radical (unpaired) electrons. The molecule has 0 aliphatic carbocycles. The standard InChI is InChI=1S/C9H17NO2/c1-8(7-11)5-3-4-6-9(10)12-2/h10-11H,1,3-7H2,2H3. The summed E-state index contributed by atoms with van der Waals surface area (Å²) in [6.07, 6.45) is 3.40. The van der Waals surface area contributed by atoms with E-state index in [-0.39, 0.29) is 6.61 Å². The highest BCUT2D eigenvalue weighted by atomic mass is 16.5. The van der Waals surface area contributed by atoms with E-state index in [1.165, 1.54) is 7.11 Å². The van der Waals surface area contributed by atoms with Gasteiger partial charge in [-0.2, -0.15) is 0 Å². The van der Waals surface area contributed by atoms with E-state index in [2.05, 4.69) is 6.58 Å². The van der Waals surface area contributed by atoms with Crippen molar-refractivity contribution in [1.82, 2.24) is 0 Å². The molecule has 12 heavy (non-hydrogen) atoms. The van der Waals surface area contributed by atoms with Gasteiger partial charge in [-0.1, -0.05) is 12.2 Å². The van der Waals surface area contributed by atoms with Gasteiger partial charge in [0.15, 0.2) is 5.90 Å². The summed E-state index contributed by atoms with van der Waals surface area (Å²) < 4.78 is 4.70. The van der Waals surface area contributed by atoms with Crippen LogP contribution in [-0.2, 0) is 4.74 Å². The minimum atomic E-state index is 0.0712. The number of hydrogen-bond donors (Lipinski definition) is 2. The molecular formula is C9H17NO2. The first-order chi connectivity index (χ1) is 5.70. The third kappa shape index (κ3) is 5.92. The number of methoxy groups -OCH3 is 1. The number of unbranched alkanes of at least 4 members (excludes halogenated alkanes) is 1. The van der Waals surface area contributed by atoms with Gasteiger partial charge in [-0.15, -0.1) is 0 Å². The monoisotopic (exact) mass is 171 g/mol. The second kappa shape index (κ2) is 6.85. The molecule has 3 heteroatoms. The molecular weight excluding hydrogens is 154 g/mol. The fraction of sp³-hybridized carbons (Fsp3) is 0.667. The molecule has 0 saturated heterocycles. The molecule has 0 aliphatic rings. The van der Waals surface area contributed by atoms with Crippen molar-refractivity contribution in [1.29, 1.82) is 5.41 Å². The van der Waals surface area contributed by atoms with E-state index in [1.54, 1.807) is 0 Å². The van der Waals surface area contributed by atoms with Crippen LogP contribution in [0.4, 0.5) is 0 Å². The Kier molecular flexibility index (Phi) is 6.38. The van der Waals surface area contributed by atoms with E-state index >= 15 is 0 Å². The highest BCUT2D eigenvalue weighted by Crippen LogP contribution is 2.06. The first-order valence-electron chi connectivity index (χ1n) is 4.09. The van der Waals surface area contributed by atoms with Gasteiger partial charge in [0, 0.05) is 6.42 Å². The molecule has 0 aliphatic heterocycles. The lowest BCUT2D eigenvalue weighted by molar-refractivity contribution is 0.326. The number of aliphatic hydroxyl groups excluding tert-OH is 1. The molecule has 0 aromatic heterocycles. The van der Waals surface area contributed by atoms with Crippen LogP contribution in [0.25, 0.3) is 0 Å². The fourth-order valence-corrected chi connectivity index (χ4v) is 0.842. The van der Waals surface area contributed by atoms with Gasteiger partial charge < -0.3 is 9.84 Å². The SMILES string of the molecule is C=C(CO)CCCCC(=N)OC. The lowest BCUT2D eigenvalue weighted by Gasteiger charge is -2.02. The first kappa shape index (κ1) is 11.2. The molecule has 0 spiro atoms. The summed E-state index contributed by atoms with van der Waals surface area (Å²) >= 11 is 0. The van der Waals surface area contributed by atoms with Crippen molar-refractivity contribution >= 4 is 5.90 Å². The zero-order valence-electron chi connectivity index (χ0n) is 7.60. The maximum absolute atomic E-state index is 8.62. The topological polar surface area (TPSA) is 53.3 Å². The van der Waals surface area contributed by atoms with E-state index in [4.69, 9.17) is 15.3 Å². The van der Waals surface area contributed by atoms with Gasteiger partial charge in [0.05, 0.1) is 13.7 Å². The molecule has 0 amide bonds. The molecule has 0 saturated carbocycles. The molecule has 2 N–H and O–H groups in total. The number of ether oxygens (including phenoxy) is 1. The zero-order chi connectivity index (χ0) is 9.40.